The number of carbonyl (C=O) groups excluding carboxylic acids is 1. The fraction of sp³-hybridized carbons (Fsp3) is 0.692. The van der Waals surface area contributed by atoms with E-state index in [4.69, 9.17) is 5.11 Å². The minimum Gasteiger partial charge on any atom is -0.393 e. The second kappa shape index (κ2) is 7.16. The van der Waals surface area contributed by atoms with Crippen molar-refractivity contribution >= 4 is 5.91 Å². The molecule has 0 bridgehead atoms. The highest BCUT2D eigenvalue weighted by molar-refractivity contribution is 5.75. The molecular weight excluding hydrogens is 230 g/mol. The molecule has 0 aliphatic heterocycles. The lowest BCUT2D eigenvalue weighted by molar-refractivity contribution is -0.121. The molecule has 1 atom stereocenters. The monoisotopic (exact) mass is 253 g/mol. The number of hydrogen-bond donors (Lipinski definition) is 2. The lowest BCUT2D eigenvalue weighted by Crippen LogP contribution is -2.26. The van der Waals surface area contributed by atoms with Gasteiger partial charge in [0.15, 0.2) is 0 Å². The van der Waals surface area contributed by atoms with E-state index in [2.05, 4.69) is 10.4 Å². The van der Waals surface area contributed by atoms with Gasteiger partial charge in [-0.25, -0.2) is 0 Å². The Morgan fingerprint density at radius 2 is 2.28 bits per heavy atom. The second-order valence-corrected chi connectivity index (χ2v) is 4.74. The summed E-state index contributed by atoms with van der Waals surface area (Å²) in [5.41, 5.74) is 2.17. The molecular formula is C13H23N3O2. The van der Waals surface area contributed by atoms with Crippen LogP contribution in [0.15, 0.2) is 6.07 Å². The topological polar surface area (TPSA) is 67.2 Å². The van der Waals surface area contributed by atoms with E-state index in [0.29, 0.717) is 19.4 Å². The molecule has 0 aliphatic rings. The van der Waals surface area contributed by atoms with E-state index in [1.165, 1.54) is 0 Å². The fourth-order valence-electron chi connectivity index (χ4n) is 1.79. The van der Waals surface area contributed by atoms with Gasteiger partial charge in [-0.1, -0.05) is 0 Å². The molecule has 0 aliphatic carbocycles. The van der Waals surface area contributed by atoms with Crippen LogP contribution < -0.4 is 5.32 Å². The van der Waals surface area contributed by atoms with Gasteiger partial charge in [0.25, 0.3) is 0 Å². The van der Waals surface area contributed by atoms with E-state index < -0.39 is 6.10 Å². The van der Waals surface area contributed by atoms with Gasteiger partial charge in [-0.2, -0.15) is 5.10 Å². The summed E-state index contributed by atoms with van der Waals surface area (Å²) in [5.74, 6) is 0.00395. The Kier molecular flexibility index (Phi) is 5.85. The van der Waals surface area contributed by atoms with Crippen molar-refractivity contribution in [2.45, 2.75) is 52.7 Å². The first-order valence-corrected chi connectivity index (χ1v) is 6.45. The maximum atomic E-state index is 11.4. The molecule has 0 aromatic carbocycles. The maximum absolute atomic E-state index is 11.4. The van der Waals surface area contributed by atoms with Crippen molar-refractivity contribution in [3.63, 3.8) is 0 Å². The number of nitrogens with one attached hydrogen (secondary N) is 1. The van der Waals surface area contributed by atoms with Crippen LogP contribution in [0.1, 0.15) is 37.6 Å². The van der Waals surface area contributed by atoms with Crippen LogP contribution in [0.4, 0.5) is 0 Å². The highest BCUT2D eigenvalue weighted by Crippen LogP contribution is 2.02. The Labute approximate surface area is 108 Å². The lowest BCUT2D eigenvalue weighted by Gasteiger charge is -2.07. The van der Waals surface area contributed by atoms with E-state index in [9.17, 15) is 4.79 Å². The first-order valence-electron chi connectivity index (χ1n) is 6.45. The van der Waals surface area contributed by atoms with Crippen LogP contribution in [0.3, 0.4) is 0 Å². The van der Waals surface area contributed by atoms with Crippen LogP contribution in [-0.4, -0.2) is 33.4 Å². The number of aromatic nitrogens is 2. The summed E-state index contributed by atoms with van der Waals surface area (Å²) in [6.45, 7) is 7.16. The van der Waals surface area contributed by atoms with Crippen molar-refractivity contribution in [2.24, 2.45) is 0 Å². The highest BCUT2D eigenvalue weighted by atomic mass is 16.3. The van der Waals surface area contributed by atoms with E-state index >= 15 is 0 Å². The van der Waals surface area contributed by atoms with Crippen molar-refractivity contribution in [1.82, 2.24) is 15.1 Å². The molecule has 2 N–H and O–H groups in total. The summed E-state index contributed by atoms with van der Waals surface area (Å²) >= 11 is 0. The molecule has 1 unspecified atom stereocenters. The predicted molar refractivity (Wildman–Crippen MR) is 70.2 cm³/mol. The molecule has 5 nitrogen and oxygen atoms in total. The Bertz CT molecular complexity index is 386. The molecule has 1 amide bonds. The highest BCUT2D eigenvalue weighted by Gasteiger charge is 2.04. The third-order valence-electron chi connectivity index (χ3n) is 2.76. The molecule has 0 saturated carbocycles. The van der Waals surface area contributed by atoms with Crippen LogP contribution in [0.5, 0.6) is 0 Å². The van der Waals surface area contributed by atoms with E-state index in [1.54, 1.807) is 6.92 Å². The Morgan fingerprint density at radius 3 is 2.83 bits per heavy atom. The van der Waals surface area contributed by atoms with Crippen LogP contribution in [0.25, 0.3) is 0 Å². The van der Waals surface area contributed by atoms with Gasteiger partial charge >= 0.3 is 0 Å². The zero-order valence-electron chi connectivity index (χ0n) is 11.4. The number of aliphatic hydroxyl groups excluding tert-OH is 1. The Balaban J connectivity index is 2.15. The molecule has 18 heavy (non-hydrogen) atoms. The van der Waals surface area contributed by atoms with Gasteiger partial charge in [-0.05, 0) is 39.7 Å². The molecule has 102 valence electrons. The van der Waals surface area contributed by atoms with Crippen molar-refractivity contribution in [3.8, 4) is 0 Å². The molecule has 1 rings (SSSR count). The zero-order valence-corrected chi connectivity index (χ0v) is 11.4. The standard InChI is InChI=1S/C13H23N3O2/c1-10-9-11(2)16(15-10)8-4-7-14-13(18)6-5-12(3)17/h9,12,17H,4-8H2,1-3H3,(H,14,18). The third-order valence-corrected chi connectivity index (χ3v) is 2.76. The van der Waals surface area contributed by atoms with E-state index in [1.807, 2.05) is 24.6 Å². The number of hydrogen-bond acceptors (Lipinski definition) is 3. The average Bonchev–Trinajstić information content (AvgIpc) is 2.60. The summed E-state index contributed by atoms with van der Waals surface area (Å²) in [4.78, 5) is 11.4. The van der Waals surface area contributed by atoms with Crippen molar-refractivity contribution in [2.75, 3.05) is 6.54 Å². The summed E-state index contributed by atoms with van der Waals surface area (Å²) in [7, 11) is 0. The van der Waals surface area contributed by atoms with Crippen LogP contribution in [-0.2, 0) is 11.3 Å². The third kappa shape index (κ3) is 5.31. The van der Waals surface area contributed by atoms with E-state index in [-0.39, 0.29) is 5.91 Å². The van der Waals surface area contributed by atoms with E-state index in [0.717, 1.165) is 24.4 Å². The normalized spacial score (nSPS) is 12.4. The number of rotatable bonds is 7. The molecule has 5 heteroatoms. The fourth-order valence-corrected chi connectivity index (χ4v) is 1.79. The molecule has 0 saturated heterocycles. The minimum absolute atomic E-state index is 0.00395. The first-order chi connectivity index (χ1) is 8.49. The quantitative estimate of drug-likeness (QED) is 0.717. The Morgan fingerprint density at radius 1 is 1.56 bits per heavy atom. The summed E-state index contributed by atoms with van der Waals surface area (Å²) < 4.78 is 1.96. The number of amides is 1. The largest absolute Gasteiger partial charge is 0.393 e. The van der Waals surface area contributed by atoms with Crippen LogP contribution >= 0.6 is 0 Å². The van der Waals surface area contributed by atoms with Gasteiger partial charge in [-0.15, -0.1) is 0 Å². The molecule has 1 aromatic heterocycles. The second-order valence-electron chi connectivity index (χ2n) is 4.74. The van der Waals surface area contributed by atoms with Gasteiger partial charge < -0.3 is 10.4 Å². The lowest BCUT2D eigenvalue weighted by atomic mass is 10.2. The zero-order chi connectivity index (χ0) is 13.5. The molecule has 0 fully saturated rings. The molecule has 0 radical (unpaired) electrons. The van der Waals surface area contributed by atoms with Crippen molar-refractivity contribution in [1.29, 1.82) is 0 Å². The van der Waals surface area contributed by atoms with Gasteiger partial charge in [0.2, 0.25) is 5.91 Å². The smallest absolute Gasteiger partial charge is 0.220 e. The van der Waals surface area contributed by atoms with Gasteiger partial charge in [0, 0.05) is 25.2 Å². The number of aliphatic hydroxyl groups is 1. The first kappa shape index (κ1) is 14.7. The molecule has 0 spiro atoms. The number of nitrogens with zero attached hydrogens (tertiary/aromatic N) is 2. The number of aryl methyl sites for hydroxylation is 3. The maximum Gasteiger partial charge on any atom is 0.220 e. The van der Waals surface area contributed by atoms with Crippen molar-refractivity contribution < 1.29 is 9.90 Å². The Hall–Kier alpha value is -1.36. The molecule has 1 heterocycles. The van der Waals surface area contributed by atoms with Gasteiger partial charge in [0.05, 0.1) is 11.8 Å². The van der Waals surface area contributed by atoms with Gasteiger partial charge in [0.1, 0.15) is 0 Å². The SMILES string of the molecule is Cc1cc(C)n(CCCNC(=O)CCC(C)O)n1. The van der Waals surface area contributed by atoms with Gasteiger partial charge in [-0.3, -0.25) is 9.48 Å². The summed E-state index contributed by atoms with van der Waals surface area (Å²) in [5, 5.41) is 16.3. The van der Waals surface area contributed by atoms with Crippen molar-refractivity contribution in [3.05, 3.63) is 17.5 Å². The summed E-state index contributed by atoms with van der Waals surface area (Å²) in [6.07, 6.45) is 1.36. The van der Waals surface area contributed by atoms with Crippen LogP contribution in [0, 0.1) is 13.8 Å². The average molecular weight is 253 g/mol. The number of carbonyl (C=O) groups is 1. The summed E-state index contributed by atoms with van der Waals surface area (Å²) in [6, 6.07) is 2.04. The van der Waals surface area contributed by atoms with Crippen LogP contribution in [0.2, 0.25) is 0 Å². The minimum atomic E-state index is -0.412. The predicted octanol–water partition coefficient (Wildman–Crippen LogP) is 1.17. The molecule has 1 aromatic rings.